The fraction of sp³-hybridized carbons (Fsp3) is 0.400. The normalized spacial score (nSPS) is 25.9. The molecule has 2 rings (SSSR count). The highest BCUT2D eigenvalue weighted by molar-refractivity contribution is 9.10. The van der Waals surface area contributed by atoms with Crippen molar-refractivity contribution in [1.29, 1.82) is 0 Å². The smallest absolute Gasteiger partial charge is 0.104 e. The first-order chi connectivity index (χ1) is 6.22. The van der Waals surface area contributed by atoms with E-state index in [0.717, 1.165) is 23.0 Å². The summed E-state index contributed by atoms with van der Waals surface area (Å²) in [5, 5.41) is 13.4. The Morgan fingerprint density at radius 1 is 1.36 bits per heavy atom. The lowest BCUT2D eigenvalue weighted by Crippen LogP contribution is -2.28. The minimum atomic E-state index is -0.680. The number of nitrogens with one attached hydrogen (secondary N) is 1. The number of hydrogen-bond donors (Lipinski definition) is 2. The van der Waals surface area contributed by atoms with Gasteiger partial charge in [-0.2, -0.15) is 0 Å². The van der Waals surface area contributed by atoms with Crippen LogP contribution in [0.25, 0.3) is 0 Å². The number of rotatable bonds is 1. The number of hydrogen-bond acceptors (Lipinski definition) is 2. The Morgan fingerprint density at radius 2 is 2.07 bits per heavy atom. The van der Waals surface area contributed by atoms with Gasteiger partial charge < -0.3 is 10.4 Å². The van der Waals surface area contributed by atoms with E-state index in [1.807, 2.05) is 24.3 Å². The first-order valence-corrected chi connectivity index (χ1v) is 5.20. The summed E-state index contributed by atoms with van der Waals surface area (Å²) >= 11 is 3.45. The SMILES string of the molecule is Cl.OC1(c2ccccc2Br)CCNC1. The summed E-state index contributed by atoms with van der Waals surface area (Å²) in [4.78, 5) is 0. The fourth-order valence-electron chi connectivity index (χ4n) is 1.75. The van der Waals surface area contributed by atoms with E-state index in [9.17, 15) is 5.11 Å². The summed E-state index contributed by atoms with van der Waals surface area (Å²) in [5.74, 6) is 0. The van der Waals surface area contributed by atoms with Crippen molar-refractivity contribution in [1.82, 2.24) is 5.32 Å². The van der Waals surface area contributed by atoms with Crippen molar-refractivity contribution in [2.45, 2.75) is 12.0 Å². The summed E-state index contributed by atoms with van der Waals surface area (Å²) in [7, 11) is 0. The van der Waals surface area contributed by atoms with Gasteiger partial charge in [-0.1, -0.05) is 34.1 Å². The molecule has 1 atom stereocenters. The predicted molar refractivity (Wildman–Crippen MR) is 62.8 cm³/mol. The largest absolute Gasteiger partial charge is 0.384 e. The van der Waals surface area contributed by atoms with Gasteiger partial charge in [-0.3, -0.25) is 0 Å². The highest BCUT2D eigenvalue weighted by Gasteiger charge is 2.34. The molecule has 2 nitrogen and oxygen atoms in total. The number of halogens is 2. The predicted octanol–water partition coefficient (Wildman–Crippen LogP) is 2.05. The fourth-order valence-corrected chi connectivity index (χ4v) is 2.40. The molecule has 0 aromatic heterocycles. The van der Waals surface area contributed by atoms with Crippen molar-refractivity contribution in [2.75, 3.05) is 13.1 Å². The topological polar surface area (TPSA) is 32.3 Å². The summed E-state index contributed by atoms with van der Waals surface area (Å²) in [6, 6.07) is 7.85. The maximum Gasteiger partial charge on any atom is 0.104 e. The molecule has 0 amide bonds. The monoisotopic (exact) mass is 277 g/mol. The van der Waals surface area contributed by atoms with Gasteiger partial charge in [0.1, 0.15) is 5.60 Å². The molecule has 0 saturated carbocycles. The average Bonchev–Trinajstić information content (AvgIpc) is 2.54. The Balaban J connectivity index is 0.000000980. The van der Waals surface area contributed by atoms with Crippen molar-refractivity contribution in [3.8, 4) is 0 Å². The van der Waals surface area contributed by atoms with Crippen molar-refractivity contribution in [3.05, 3.63) is 34.3 Å². The molecule has 0 aliphatic carbocycles. The van der Waals surface area contributed by atoms with Crippen LogP contribution in [0, 0.1) is 0 Å². The van der Waals surface area contributed by atoms with E-state index >= 15 is 0 Å². The van der Waals surface area contributed by atoms with Crippen LogP contribution in [0.5, 0.6) is 0 Å². The quantitative estimate of drug-likeness (QED) is 0.824. The van der Waals surface area contributed by atoms with Crippen molar-refractivity contribution >= 4 is 28.3 Å². The molecule has 4 heteroatoms. The van der Waals surface area contributed by atoms with Gasteiger partial charge in [0.25, 0.3) is 0 Å². The maximum absolute atomic E-state index is 10.3. The summed E-state index contributed by atoms with van der Waals surface area (Å²) in [6.45, 7) is 1.54. The molecule has 1 unspecified atom stereocenters. The summed E-state index contributed by atoms with van der Waals surface area (Å²) in [6.07, 6.45) is 0.787. The molecule has 1 aliphatic heterocycles. The van der Waals surface area contributed by atoms with Gasteiger partial charge in [0.2, 0.25) is 0 Å². The van der Waals surface area contributed by atoms with Crippen LogP contribution < -0.4 is 5.32 Å². The van der Waals surface area contributed by atoms with E-state index in [-0.39, 0.29) is 12.4 Å². The minimum Gasteiger partial charge on any atom is -0.384 e. The Morgan fingerprint density at radius 3 is 2.64 bits per heavy atom. The van der Waals surface area contributed by atoms with E-state index in [1.54, 1.807) is 0 Å². The van der Waals surface area contributed by atoms with Gasteiger partial charge in [0, 0.05) is 11.0 Å². The van der Waals surface area contributed by atoms with Crippen LogP contribution in [-0.2, 0) is 5.60 Å². The van der Waals surface area contributed by atoms with Crippen LogP contribution in [0.1, 0.15) is 12.0 Å². The number of aliphatic hydroxyl groups is 1. The van der Waals surface area contributed by atoms with Crippen LogP contribution in [0.3, 0.4) is 0 Å². The van der Waals surface area contributed by atoms with E-state index in [2.05, 4.69) is 21.2 Å². The lowest BCUT2D eigenvalue weighted by atomic mass is 9.93. The number of β-amino-alcohol motifs (C(OH)–C–C–N with tert-alkyl or cyclic N) is 1. The molecule has 0 bridgehead atoms. The molecular formula is C10H13BrClNO. The minimum absolute atomic E-state index is 0. The lowest BCUT2D eigenvalue weighted by molar-refractivity contribution is 0.0580. The average molecular weight is 279 g/mol. The van der Waals surface area contributed by atoms with E-state index in [0.29, 0.717) is 6.54 Å². The third-order valence-electron chi connectivity index (χ3n) is 2.51. The highest BCUT2D eigenvalue weighted by Crippen LogP contribution is 2.32. The van der Waals surface area contributed by atoms with Crippen LogP contribution in [0.4, 0.5) is 0 Å². The van der Waals surface area contributed by atoms with Crippen LogP contribution >= 0.6 is 28.3 Å². The molecule has 0 spiro atoms. The zero-order chi connectivity index (χ0) is 9.31. The second-order valence-electron chi connectivity index (χ2n) is 3.44. The van der Waals surface area contributed by atoms with E-state index in [1.165, 1.54) is 0 Å². The maximum atomic E-state index is 10.3. The Labute approximate surface area is 98.3 Å². The summed E-state index contributed by atoms with van der Waals surface area (Å²) in [5.41, 5.74) is 0.306. The van der Waals surface area contributed by atoms with E-state index < -0.39 is 5.60 Å². The summed E-state index contributed by atoms with van der Waals surface area (Å²) < 4.78 is 0.987. The highest BCUT2D eigenvalue weighted by atomic mass is 79.9. The van der Waals surface area contributed by atoms with Gasteiger partial charge in [-0.25, -0.2) is 0 Å². The molecule has 1 aromatic carbocycles. The molecule has 1 saturated heterocycles. The molecule has 1 fully saturated rings. The first-order valence-electron chi connectivity index (χ1n) is 4.40. The standard InChI is InChI=1S/C10H12BrNO.ClH/c11-9-4-2-1-3-8(9)10(13)5-6-12-7-10;/h1-4,12-13H,5-7H2;1H. The molecule has 14 heavy (non-hydrogen) atoms. The van der Waals surface area contributed by atoms with Gasteiger partial charge in [-0.15, -0.1) is 12.4 Å². The third-order valence-corrected chi connectivity index (χ3v) is 3.20. The Kier molecular flexibility index (Phi) is 3.95. The molecule has 1 aliphatic rings. The number of benzene rings is 1. The van der Waals surface area contributed by atoms with Crippen LogP contribution in [0.2, 0.25) is 0 Å². The lowest BCUT2D eigenvalue weighted by Gasteiger charge is -2.22. The molecule has 0 radical (unpaired) electrons. The van der Waals surface area contributed by atoms with Crippen LogP contribution in [0.15, 0.2) is 28.7 Å². The zero-order valence-electron chi connectivity index (χ0n) is 7.66. The molecule has 1 heterocycles. The Bertz CT molecular complexity index is 313. The van der Waals surface area contributed by atoms with Gasteiger partial charge >= 0.3 is 0 Å². The van der Waals surface area contributed by atoms with Crippen molar-refractivity contribution < 1.29 is 5.11 Å². The Hall–Kier alpha value is -0.0900. The molecule has 2 N–H and O–H groups in total. The second kappa shape index (κ2) is 4.62. The van der Waals surface area contributed by atoms with Gasteiger partial charge in [0.15, 0.2) is 0 Å². The molecular weight excluding hydrogens is 265 g/mol. The third kappa shape index (κ3) is 2.11. The first kappa shape index (κ1) is 12.0. The molecule has 1 aromatic rings. The van der Waals surface area contributed by atoms with E-state index in [4.69, 9.17) is 0 Å². The van der Waals surface area contributed by atoms with Gasteiger partial charge in [-0.05, 0) is 24.6 Å². The van der Waals surface area contributed by atoms with Gasteiger partial charge in [0.05, 0.1) is 0 Å². The second-order valence-corrected chi connectivity index (χ2v) is 4.29. The van der Waals surface area contributed by atoms with Crippen molar-refractivity contribution in [3.63, 3.8) is 0 Å². The zero-order valence-corrected chi connectivity index (χ0v) is 10.1. The molecule has 78 valence electrons. The van der Waals surface area contributed by atoms with Crippen LogP contribution in [-0.4, -0.2) is 18.2 Å². The van der Waals surface area contributed by atoms with Crippen molar-refractivity contribution in [2.24, 2.45) is 0 Å².